The molecule has 0 fully saturated rings. The van der Waals surface area contributed by atoms with E-state index in [9.17, 15) is 4.79 Å². The summed E-state index contributed by atoms with van der Waals surface area (Å²) in [5.41, 5.74) is 5.29. The maximum absolute atomic E-state index is 11.4. The molecule has 8 heteroatoms. The van der Waals surface area contributed by atoms with Crippen molar-refractivity contribution < 1.29 is 13.9 Å². The Morgan fingerprint density at radius 3 is 2.47 bits per heavy atom. The number of rotatable bonds is 3. The summed E-state index contributed by atoms with van der Waals surface area (Å²) in [5.74, 6) is -1.92. The highest BCUT2D eigenvalue weighted by molar-refractivity contribution is 6.05. The average molecular weight is 259 g/mol. The van der Waals surface area contributed by atoms with Crippen molar-refractivity contribution in [2.75, 3.05) is 7.11 Å². The number of nitrogens with zero attached hydrogens (tertiary/aromatic N) is 4. The van der Waals surface area contributed by atoms with Gasteiger partial charge in [0.25, 0.3) is 5.91 Å². The number of hydrogen-bond donors (Lipinski definition) is 1. The Morgan fingerprint density at radius 1 is 1.26 bits per heavy atom. The van der Waals surface area contributed by atoms with Gasteiger partial charge in [0.1, 0.15) is 0 Å². The average Bonchev–Trinajstić information content (AvgIpc) is 3.03. The van der Waals surface area contributed by atoms with Crippen LogP contribution < -0.4 is 5.73 Å². The molecule has 2 N–H and O–H groups in total. The molecule has 0 atom stereocenters. The van der Waals surface area contributed by atoms with Crippen LogP contribution in [0.5, 0.6) is 0 Å². The number of benzene rings is 1. The van der Waals surface area contributed by atoms with Crippen LogP contribution in [0.15, 0.2) is 49.4 Å². The van der Waals surface area contributed by atoms with E-state index < -0.39 is 11.8 Å². The van der Waals surface area contributed by atoms with E-state index in [2.05, 4.69) is 20.7 Å². The molecule has 0 saturated heterocycles. The second kappa shape index (κ2) is 3.95. The highest BCUT2D eigenvalue weighted by Gasteiger charge is 2.42. The molecule has 1 aromatic heterocycles. The Hall–Kier alpha value is -2.61. The van der Waals surface area contributed by atoms with Crippen LogP contribution in [0.25, 0.3) is 10.8 Å². The Bertz CT molecular complexity index is 706. The third kappa shape index (κ3) is 1.54. The molecule has 0 saturated carbocycles. The van der Waals surface area contributed by atoms with Crippen molar-refractivity contribution in [2.24, 2.45) is 26.4 Å². The van der Waals surface area contributed by atoms with Gasteiger partial charge in [0.05, 0.1) is 0 Å². The molecule has 3 rings (SSSR count). The summed E-state index contributed by atoms with van der Waals surface area (Å²) >= 11 is 0. The number of carbonyl (C=O) groups excluding carboxylic acids is 1. The van der Waals surface area contributed by atoms with Gasteiger partial charge in [0, 0.05) is 17.9 Å². The molecule has 2 aromatic rings. The molecule has 8 nitrogen and oxygen atoms in total. The summed E-state index contributed by atoms with van der Waals surface area (Å²) in [7, 11) is 1.39. The van der Waals surface area contributed by atoms with Gasteiger partial charge in [0.2, 0.25) is 0 Å². The normalized spacial score (nSPS) is 16.3. The maximum Gasteiger partial charge on any atom is 0.357 e. The number of hydrogen-bond acceptors (Lipinski definition) is 7. The molecule has 1 amide bonds. The lowest BCUT2D eigenvalue weighted by Crippen LogP contribution is -2.20. The van der Waals surface area contributed by atoms with Crippen LogP contribution in [-0.2, 0) is 10.6 Å². The van der Waals surface area contributed by atoms with Gasteiger partial charge in [0.15, 0.2) is 11.5 Å². The molecule has 96 valence electrons. The zero-order chi connectivity index (χ0) is 13.5. The lowest BCUT2D eigenvalue weighted by molar-refractivity contribution is -0.0184. The van der Waals surface area contributed by atoms with E-state index in [1.165, 1.54) is 7.11 Å². The summed E-state index contributed by atoms with van der Waals surface area (Å²) in [6, 6.07) is 7.03. The van der Waals surface area contributed by atoms with Crippen LogP contribution in [-0.4, -0.2) is 13.0 Å². The maximum atomic E-state index is 11.4. The molecule has 0 aliphatic carbocycles. The van der Waals surface area contributed by atoms with Gasteiger partial charge in [-0.1, -0.05) is 34.5 Å². The second-order valence-corrected chi connectivity index (χ2v) is 3.86. The van der Waals surface area contributed by atoms with E-state index in [1.54, 1.807) is 24.3 Å². The summed E-state index contributed by atoms with van der Waals surface area (Å²) in [6.45, 7) is 0. The minimum Gasteiger partial charge on any atom is -0.447 e. The zero-order valence-electron chi connectivity index (χ0n) is 9.90. The number of methoxy groups -OCH3 is 1. The lowest BCUT2D eigenvalue weighted by atomic mass is 10.1. The van der Waals surface area contributed by atoms with Crippen LogP contribution in [0.2, 0.25) is 0 Å². The Balaban J connectivity index is 2.33. The summed E-state index contributed by atoms with van der Waals surface area (Å²) in [5, 5.41) is 15.7. The first-order chi connectivity index (χ1) is 9.18. The fourth-order valence-electron chi connectivity index (χ4n) is 1.96. The van der Waals surface area contributed by atoms with Gasteiger partial charge in [-0.3, -0.25) is 4.79 Å². The summed E-state index contributed by atoms with van der Waals surface area (Å²) in [6.07, 6.45) is 0. The van der Waals surface area contributed by atoms with Crippen LogP contribution >= 0.6 is 0 Å². The van der Waals surface area contributed by atoms with Gasteiger partial charge in [-0.05, 0) is 10.4 Å². The number of amides is 1. The van der Waals surface area contributed by atoms with Crippen LogP contribution in [0, 0.1) is 0 Å². The largest absolute Gasteiger partial charge is 0.447 e. The predicted molar refractivity (Wildman–Crippen MR) is 63.1 cm³/mol. The van der Waals surface area contributed by atoms with E-state index in [1.807, 2.05) is 0 Å². The molecule has 1 aliphatic rings. The number of ether oxygens (including phenoxy) is 1. The Labute approximate surface area is 106 Å². The molecule has 19 heavy (non-hydrogen) atoms. The number of nitrogens with two attached hydrogens (primary N) is 1. The molecular weight excluding hydrogens is 250 g/mol. The standard InChI is InChI=1S/C11H9N5O3/c1-18-11(13-15-16-14-11)9-7-5-3-2-4-6(7)8(19-9)10(12)17/h2-5H,1H3,(H2,12,17). The van der Waals surface area contributed by atoms with Crippen LogP contribution in [0.1, 0.15) is 16.3 Å². The van der Waals surface area contributed by atoms with E-state index in [4.69, 9.17) is 14.9 Å². The van der Waals surface area contributed by atoms with Gasteiger partial charge >= 0.3 is 5.85 Å². The van der Waals surface area contributed by atoms with Crippen molar-refractivity contribution in [3.8, 4) is 0 Å². The Kier molecular flexibility index (Phi) is 2.39. The first kappa shape index (κ1) is 11.5. The fourth-order valence-corrected chi connectivity index (χ4v) is 1.96. The van der Waals surface area contributed by atoms with E-state index in [0.29, 0.717) is 10.8 Å². The number of furan rings is 1. The number of fused-ring (bicyclic) bond motifs is 1. The van der Waals surface area contributed by atoms with Gasteiger partial charge in [-0.2, -0.15) is 0 Å². The van der Waals surface area contributed by atoms with Crippen LogP contribution in [0.4, 0.5) is 0 Å². The topological polar surface area (TPSA) is 115 Å². The number of carbonyl (C=O) groups is 1. The molecule has 0 radical (unpaired) electrons. The first-order valence-electron chi connectivity index (χ1n) is 5.39. The van der Waals surface area contributed by atoms with E-state index in [-0.39, 0.29) is 11.5 Å². The summed E-state index contributed by atoms with van der Waals surface area (Å²) < 4.78 is 10.7. The van der Waals surface area contributed by atoms with E-state index in [0.717, 1.165) is 0 Å². The smallest absolute Gasteiger partial charge is 0.357 e. The number of primary amides is 1. The lowest BCUT2D eigenvalue weighted by Gasteiger charge is -2.14. The third-order valence-corrected chi connectivity index (χ3v) is 2.83. The van der Waals surface area contributed by atoms with Crippen molar-refractivity contribution in [1.82, 2.24) is 0 Å². The minimum absolute atomic E-state index is 0.0272. The van der Waals surface area contributed by atoms with Crippen LogP contribution in [0.3, 0.4) is 0 Å². The molecule has 0 unspecified atom stereocenters. The monoisotopic (exact) mass is 259 g/mol. The van der Waals surface area contributed by atoms with Gasteiger partial charge in [-0.25, -0.2) is 0 Å². The third-order valence-electron chi connectivity index (χ3n) is 2.83. The molecule has 0 bridgehead atoms. The van der Waals surface area contributed by atoms with Gasteiger partial charge < -0.3 is 14.9 Å². The van der Waals surface area contributed by atoms with E-state index >= 15 is 0 Å². The first-order valence-corrected chi connectivity index (χ1v) is 5.39. The molecule has 1 aromatic carbocycles. The highest BCUT2D eigenvalue weighted by Crippen LogP contribution is 2.39. The molecule has 0 spiro atoms. The van der Waals surface area contributed by atoms with Crippen molar-refractivity contribution in [3.63, 3.8) is 0 Å². The van der Waals surface area contributed by atoms with Crippen molar-refractivity contribution in [2.45, 2.75) is 5.85 Å². The van der Waals surface area contributed by atoms with Gasteiger partial charge in [-0.15, -0.1) is 0 Å². The molecular formula is C11H9N5O3. The quantitative estimate of drug-likeness (QED) is 0.909. The summed E-state index contributed by atoms with van der Waals surface area (Å²) in [4.78, 5) is 11.4. The van der Waals surface area contributed by atoms with Crippen molar-refractivity contribution >= 4 is 16.7 Å². The Morgan fingerprint density at radius 2 is 1.89 bits per heavy atom. The predicted octanol–water partition coefficient (Wildman–Crippen LogP) is 2.12. The second-order valence-electron chi connectivity index (χ2n) is 3.86. The fraction of sp³-hybridized carbons (Fsp3) is 0.182. The van der Waals surface area contributed by atoms with Crippen molar-refractivity contribution in [3.05, 3.63) is 35.8 Å². The zero-order valence-corrected chi connectivity index (χ0v) is 9.90. The molecule has 2 heterocycles. The SMILES string of the molecule is COC1(c2oc(C(N)=O)c3ccccc23)N=NN=N1. The highest BCUT2D eigenvalue weighted by atomic mass is 16.5. The molecule has 1 aliphatic heterocycles. The minimum atomic E-state index is -1.49. The van der Waals surface area contributed by atoms with Crippen molar-refractivity contribution in [1.29, 1.82) is 0 Å².